The van der Waals surface area contributed by atoms with Gasteiger partial charge in [-0.2, -0.15) is 0 Å². The molecule has 0 saturated carbocycles. The molecular formula is C19H36N8O. The molecule has 9 nitrogen and oxygen atoms in total. The number of guanidine groups is 1. The Morgan fingerprint density at radius 2 is 1.93 bits per heavy atom. The summed E-state index contributed by atoms with van der Waals surface area (Å²) in [6.45, 7) is 13.4. The number of amides is 1. The highest BCUT2D eigenvalue weighted by Crippen LogP contribution is 2.05. The van der Waals surface area contributed by atoms with E-state index in [1.165, 1.54) is 0 Å². The third kappa shape index (κ3) is 6.78. The second kappa shape index (κ2) is 11.0. The molecule has 28 heavy (non-hydrogen) atoms. The molecule has 2 N–H and O–H groups in total. The molecule has 1 amide bonds. The molecule has 1 aromatic rings. The summed E-state index contributed by atoms with van der Waals surface area (Å²) in [4.78, 5) is 21.3. The molecule has 0 unspecified atom stereocenters. The Morgan fingerprint density at radius 3 is 2.50 bits per heavy atom. The van der Waals surface area contributed by atoms with Gasteiger partial charge in [-0.25, -0.2) is 4.99 Å². The molecule has 0 atom stereocenters. The van der Waals surface area contributed by atoms with E-state index < -0.39 is 0 Å². The van der Waals surface area contributed by atoms with Crippen LogP contribution in [-0.4, -0.2) is 81.7 Å². The molecule has 0 radical (unpaired) electrons. The lowest BCUT2D eigenvalue weighted by Gasteiger charge is -2.36. The lowest BCUT2D eigenvalue weighted by Crippen LogP contribution is -2.54. The monoisotopic (exact) mass is 392 g/mol. The first-order valence-corrected chi connectivity index (χ1v) is 10.3. The van der Waals surface area contributed by atoms with Crippen molar-refractivity contribution in [2.75, 3.05) is 39.3 Å². The molecular weight excluding hydrogens is 356 g/mol. The van der Waals surface area contributed by atoms with E-state index in [2.05, 4.69) is 37.6 Å². The SMILES string of the molecule is CCCCNC(=NCc1nnc(C)n1C)N1CCN(CC(=O)NC(C)C)CC1. The van der Waals surface area contributed by atoms with Gasteiger partial charge in [0.1, 0.15) is 12.4 Å². The maximum Gasteiger partial charge on any atom is 0.234 e. The summed E-state index contributed by atoms with van der Waals surface area (Å²) in [6.07, 6.45) is 2.25. The van der Waals surface area contributed by atoms with Crippen LogP contribution < -0.4 is 10.6 Å². The summed E-state index contributed by atoms with van der Waals surface area (Å²) in [7, 11) is 1.96. The Balaban J connectivity index is 1.93. The molecule has 2 rings (SSSR count). The van der Waals surface area contributed by atoms with Crippen LogP contribution in [0.5, 0.6) is 0 Å². The van der Waals surface area contributed by atoms with E-state index in [1.54, 1.807) is 0 Å². The zero-order valence-corrected chi connectivity index (χ0v) is 18.0. The third-order valence-corrected chi connectivity index (χ3v) is 4.86. The van der Waals surface area contributed by atoms with Crippen molar-refractivity contribution in [2.45, 2.75) is 53.1 Å². The van der Waals surface area contributed by atoms with E-state index in [0.29, 0.717) is 13.1 Å². The first-order valence-electron chi connectivity index (χ1n) is 10.3. The Hall–Kier alpha value is -2.16. The highest BCUT2D eigenvalue weighted by Gasteiger charge is 2.21. The van der Waals surface area contributed by atoms with Crippen molar-refractivity contribution >= 4 is 11.9 Å². The number of hydrogen-bond donors (Lipinski definition) is 2. The van der Waals surface area contributed by atoms with E-state index in [-0.39, 0.29) is 11.9 Å². The molecule has 1 fully saturated rings. The van der Waals surface area contributed by atoms with Crippen LogP contribution in [-0.2, 0) is 18.4 Å². The lowest BCUT2D eigenvalue weighted by atomic mass is 10.3. The number of nitrogens with one attached hydrogen (secondary N) is 2. The van der Waals surface area contributed by atoms with Crippen molar-refractivity contribution in [1.29, 1.82) is 0 Å². The number of carbonyl (C=O) groups excluding carboxylic acids is 1. The standard InChI is InChI=1S/C19H36N8O/c1-6-7-8-20-19(21-13-17-24-23-16(4)25(17)5)27-11-9-26(10-12-27)14-18(28)22-15(2)3/h15H,6-14H2,1-5H3,(H,20,21)(H,22,28). The molecule has 9 heteroatoms. The van der Waals surface area contributed by atoms with Gasteiger partial charge in [0.15, 0.2) is 11.8 Å². The van der Waals surface area contributed by atoms with Gasteiger partial charge in [-0.1, -0.05) is 13.3 Å². The average Bonchev–Trinajstić information content (AvgIpc) is 2.96. The van der Waals surface area contributed by atoms with E-state index >= 15 is 0 Å². The third-order valence-electron chi connectivity index (χ3n) is 4.86. The first kappa shape index (κ1) is 22.1. The number of piperazine rings is 1. The molecule has 0 bridgehead atoms. The lowest BCUT2D eigenvalue weighted by molar-refractivity contribution is -0.123. The average molecular weight is 393 g/mol. The molecule has 158 valence electrons. The predicted octanol–water partition coefficient (Wildman–Crippen LogP) is 0.511. The van der Waals surface area contributed by atoms with Crippen LogP contribution in [0.25, 0.3) is 0 Å². The number of rotatable bonds is 8. The van der Waals surface area contributed by atoms with E-state index in [4.69, 9.17) is 4.99 Å². The molecule has 1 aliphatic rings. The summed E-state index contributed by atoms with van der Waals surface area (Å²) in [5.41, 5.74) is 0. The van der Waals surface area contributed by atoms with Gasteiger partial charge >= 0.3 is 0 Å². The van der Waals surface area contributed by atoms with Crippen LogP contribution in [0.4, 0.5) is 0 Å². The van der Waals surface area contributed by atoms with Gasteiger partial charge in [-0.05, 0) is 27.2 Å². The van der Waals surface area contributed by atoms with E-state index in [0.717, 1.165) is 63.2 Å². The summed E-state index contributed by atoms with van der Waals surface area (Å²) in [5.74, 6) is 2.76. The number of carbonyl (C=O) groups is 1. The first-order chi connectivity index (χ1) is 13.4. The Labute approximate surface area is 168 Å². The zero-order chi connectivity index (χ0) is 20.5. The van der Waals surface area contributed by atoms with Gasteiger partial charge in [0, 0.05) is 45.8 Å². The van der Waals surface area contributed by atoms with Crippen LogP contribution >= 0.6 is 0 Å². The smallest absolute Gasteiger partial charge is 0.234 e. The molecule has 1 aliphatic heterocycles. The highest BCUT2D eigenvalue weighted by molar-refractivity contribution is 5.80. The van der Waals surface area contributed by atoms with E-state index in [9.17, 15) is 4.79 Å². The maximum absolute atomic E-state index is 12.0. The van der Waals surface area contributed by atoms with Gasteiger partial charge in [0.05, 0.1) is 6.54 Å². The molecule has 0 aromatic carbocycles. The second-order valence-electron chi connectivity index (χ2n) is 7.63. The number of aromatic nitrogens is 3. The zero-order valence-electron chi connectivity index (χ0n) is 18.0. The van der Waals surface area contributed by atoms with Crippen LogP contribution in [0, 0.1) is 6.92 Å². The fraction of sp³-hybridized carbons (Fsp3) is 0.789. The van der Waals surface area contributed by atoms with Gasteiger partial charge in [-0.3, -0.25) is 9.69 Å². The number of aliphatic imine (C=N–C) groups is 1. The number of nitrogens with zero attached hydrogens (tertiary/aromatic N) is 6. The van der Waals surface area contributed by atoms with Crippen LogP contribution in [0.3, 0.4) is 0 Å². The molecule has 1 saturated heterocycles. The van der Waals surface area contributed by atoms with Crippen molar-refractivity contribution in [3.05, 3.63) is 11.6 Å². The fourth-order valence-electron chi connectivity index (χ4n) is 3.07. The molecule has 0 aliphatic carbocycles. The molecule has 2 heterocycles. The summed E-state index contributed by atoms with van der Waals surface area (Å²) in [6, 6.07) is 0.180. The Kier molecular flexibility index (Phi) is 8.69. The van der Waals surface area contributed by atoms with Gasteiger partial charge in [0.25, 0.3) is 0 Å². The Morgan fingerprint density at radius 1 is 1.21 bits per heavy atom. The summed E-state index contributed by atoms with van der Waals surface area (Å²) < 4.78 is 1.97. The van der Waals surface area contributed by atoms with Crippen molar-refractivity contribution in [1.82, 2.24) is 35.2 Å². The number of hydrogen-bond acceptors (Lipinski definition) is 5. The van der Waals surface area contributed by atoms with Crippen molar-refractivity contribution in [3.63, 3.8) is 0 Å². The summed E-state index contributed by atoms with van der Waals surface area (Å²) >= 11 is 0. The van der Waals surface area contributed by atoms with Crippen molar-refractivity contribution < 1.29 is 4.79 Å². The fourth-order valence-corrected chi connectivity index (χ4v) is 3.07. The minimum absolute atomic E-state index is 0.0936. The quantitative estimate of drug-likeness (QED) is 0.381. The predicted molar refractivity (Wildman–Crippen MR) is 111 cm³/mol. The number of aryl methyl sites for hydroxylation is 1. The molecule has 1 aromatic heterocycles. The van der Waals surface area contributed by atoms with Gasteiger partial charge in [-0.15, -0.1) is 10.2 Å². The van der Waals surface area contributed by atoms with Crippen LogP contribution in [0.1, 0.15) is 45.3 Å². The minimum Gasteiger partial charge on any atom is -0.356 e. The highest BCUT2D eigenvalue weighted by atomic mass is 16.2. The van der Waals surface area contributed by atoms with Crippen molar-refractivity contribution in [2.24, 2.45) is 12.0 Å². The topological polar surface area (TPSA) is 90.7 Å². The van der Waals surface area contributed by atoms with E-state index in [1.807, 2.05) is 32.4 Å². The maximum atomic E-state index is 12.0. The van der Waals surface area contributed by atoms with Crippen molar-refractivity contribution in [3.8, 4) is 0 Å². The van der Waals surface area contributed by atoms with Crippen LogP contribution in [0.15, 0.2) is 4.99 Å². The molecule has 0 spiro atoms. The normalized spacial score (nSPS) is 15.9. The van der Waals surface area contributed by atoms with Gasteiger partial charge in [0.2, 0.25) is 5.91 Å². The summed E-state index contributed by atoms with van der Waals surface area (Å²) in [5, 5.41) is 14.8. The Bertz CT molecular complexity index is 646. The number of unbranched alkanes of at least 4 members (excludes halogenated alkanes) is 1. The largest absolute Gasteiger partial charge is 0.356 e. The minimum atomic E-state index is 0.0936. The van der Waals surface area contributed by atoms with Crippen LogP contribution in [0.2, 0.25) is 0 Å². The van der Waals surface area contributed by atoms with Gasteiger partial charge < -0.3 is 20.1 Å². The second-order valence-corrected chi connectivity index (χ2v) is 7.63.